The van der Waals surface area contributed by atoms with Crippen LogP contribution in [0.1, 0.15) is 5.56 Å². The Hall–Kier alpha value is -0.770. The van der Waals surface area contributed by atoms with Gasteiger partial charge in [0.15, 0.2) is 0 Å². The smallest absolute Gasteiger partial charge is 0.138 e. The minimum atomic E-state index is 0.200. The fourth-order valence-electron chi connectivity index (χ4n) is 1.21. The Bertz CT molecular complexity index is 305. The standard InChI is InChI=1S/C11H16ClNO2/c1-9-2-3-11(10(12)8-9)15-7-5-13-4-6-14/h2-3,8,13-14H,4-7H2,1H3/p+1. The lowest BCUT2D eigenvalue weighted by molar-refractivity contribution is -0.656. The van der Waals surface area contributed by atoms with Gasteiger partial charge >= 0.3 is 0 Å². The molecular weight excluding hydrogens is 214 g/mol. The first-order valence-electron chi connectivity index (χ1n) is 5.05. The summed E-state index contributed by atoms with van der Waals surface area (Å²) in [6, 6.07) is 5.73. The number of halogens is 1. The van der Waals surface area contributed by atoms with Crippen molar-refractivity contribution in [1.82, 2.24) is 0 Å². The van der Waals surface area contributed by atoms with E-state index in [1.807, 2.05) is 30.4 Å². The molecule has 0 radical (unpaired) electrons. The van der Waals surface area contributed by atoms with E-state index in [0.29, 0.717) is 18.2 Å². The molecule has 0 aliphatic heterocycles. The molecule has 4 heteroatoms. The Morgan fingerprint density at radius 2 is 2.20 bits per heavy atom. The molecule has 0 heterocycles. The van der Waals surface area contributed by atoms with E-state index in [-0.39, 0.29) is 6.61 Å². The van der Waals surface area contributed by atoms with Crippen molar-refractivity contribution in [3.63, 3.8) is 0 Å². The summed E-state index contributed by atoms with van der Waals surface area (Å²) in [5, 5.41) is 11.2. The van der Waals surface area contributed by atoms with Crippen LogP contribution in [0.4, 0.5) is 0 Å². The van der Waals surface area contributed by atoms with Gasteiger partial charge in [-0.15, -0.1) is 0 Å². The van der Waals surface area contributed by atoms with Crippen LogP contribution in [0.15, 0.2) is 18.2 Å². The topological polar surface area (TPSA) is 46.1 Å². The van der Waals surface area contributed by atoms with Gasteiger partial charge < -0.3 is 15.2 Å². The molecule has 3 nitrogen and oxygen atoms in total. The third-order valence-corrected chi connectivity index (χ3v) is 2.30. The fraction of sp³-hybridized carbons (Fsp3) is 0.455. The number of hydrogen-bond acceptors (Lipinski definition) is 2. The highest BCUT2D eigenvalue weighted by Gasteiger charge is 2.01. The average Bonchev–Trinajstić information content (AvgIpc) is 2.20. The Morgan fingerprint density at radius 1 is 1.40 bits per heavy atom. The molecule has 0 amide bonds. The molecular formula is C11H17ClNO2+. The van der Waals surface area contributed by atoms with Crippen LogP contribution in [0.3, 0.4) is 0 Å². The van der Waals surface area contributed by atoms with E-state index in [1.54, 1.807) is 0 Å². The highest BCUT2D eigenvalue weighted by Crippen LogP contribution is 2.24. The van der Waals surface area contributed by atoms with Crippen molar-refractivity contribution in [2.45, 2.75) is 6.92 Å². The van der Waals surface area contributed by atoms with E-state index in [9.17, 15) is 0 Å². The number of nitrogens with two attached hydrogens (primary N) is 1. The molecule has 1 rings (SSSR count). The number of benzene rings is 1. The van der Waals surface area contributed by atoms with E-state index >= 15 is 0 Å². The van der Waals surface area contributed by atoms with Crippen LogP contribution >= 0.6 is 11.6 Å². The van der Waals surface area contributed by atoms with Gasteiger partial charge in [-0.2, -0.15) is 0 Å². The van der Waals surface area contributed by atoms with Gasteiger partial charge in [-0.1, -0.05) is 17.7 Å². The van der Waals surface area contributed by atoms with Crippen LogP contribution in [-0.2, 0) is 0 Å². The number of aryl methyl sites for hydroxylation is 1. The third-order valence-electron chi connectivity index (χ3n) is 2.00. The van der Waals surface area contributed by atoms with Crippen molar-refractivity contribution in [2.24, 2.45) is 0 Å². The summed E-state index contributed by atoms with van der Waals surface area (Å²) in [5.74, 6) is 0.722. The molecule has 1 aromatic carbocycles. The molecule has 0 aliphatic rings. The number of aliphatic hydroxyl groups is 1. The van der Waals surface area contributed by atoms with Gasteiger partial charge in [-0.3, -0.25) is 0 Å². The number of aliphatic hydroxyl groups excluding tert-OH is 1. The second-order valence-corrected chi connectivity index (χ2v) is 3.78. The Balaban J connectivity index is 2.31. The molecule has 0 fully saturated rings. The number of quaternary nitrogens is 1. The summed E-state index contributed by atoms with van der Waals surface area (Å²) in [7, 11) is 0. The first-order chi connectivity index (χ1) is 7.24. The maximum Gasteiger partial charge on any atom is 0.138 e. The normalized spacial score (nSPS) is 10.3. The summed E-state index contributed by atoms with van der Waals surface area (Å²) in [4.78, 5) is 0. The molecule has 1 aromatic rings. The van der Waals surface area contributed by atoms with Crippen molar-refractivity contribution >= 4 is 11.6 Å². The lowest BCUT2D eigenvalue weighted by atomic mass is 10.2. The quantitative estimate of drug-likeness (QED) is 0.703. The first-order valence-corrected chi connectivity index (χ1v) is 5.43. The second kappa shape index (κ2) is 6.67. The molecule has 0 spiro atoms. The highest BCUT2D eigenvalue weighted by atomic mass is 35.5. The SMILES string of the molecule is Cc1ccc(OCC[NH2+]CCO)c(Cl)c1. The molecule has 0 saturated carbocycles. The van der Waals surface area contributed by atoms with Crippen LogP contribution in [0.25, 0.3) is 0 Å². The molecule has 0 atom stereocenters. The van der Waals surface area contributed by atoms with Crippen LogP contribution < -0.4 is 10.1 Å². The van der Waals surface area contributed by atoms with Gasteiger partial charge in [0, 0.05) is 0 Å². The Kier molecular flexibility index (Phi) is 5.47. The first kappa shape index (κ1) is 12.3. The lowest BCUT2D eigenvalue weighted by Crippen LogP contribution is -2.86. The number of ether oxygens (including phenoxy) is 1. The summed E-state index contributed by atoms with van der Waals surface area (Å²) < 4.78 is 5.49. The second-order valence-electron chi connectivity index (χ2n) is 3.37. The molecule has 3 N–H and O–H groups in total. The monoisotopic (exact) mass is 230 g/mol. The van der Waals surface area contributed by atoms with Crippen LogP contribution in [0.5, 0.6) is 5.75 Å². The summed E-state index contributed by atoms with van der Waals surface area (Å²) in [6.07, 6.45) is 0. The maximum atomic E-state index is 8.56. The highest BCUT2D eigenvalue weighted by molar-refractivity contribution is 6.32. The minimum absolute atomic E-state index is 0.200. The van der Waals surface area contributed by atoms with Gasteiger partial charge in [-0.05, 0) is 24.6 Å². The fourth-order valence-corrected chi connectivity index (χ4v) is 1.50. The molecule has 0 aromatic heterocycles. The zero-order valence-electron chi connectivity index (χ0n) is 8.87. The average molecular weight is 231 g/mol. The van der Waals surface area contributed by atoms with Crippen LogP contribution in [-0.4, -0.2) is 31.4 Å². The predicted molar refractivity (Wildman–Crippen MR) is 60.4 cm³/mol. The molecule has 0 saturated heterocycles. The molecule has 15 heavy (non-hydrogen) atoms. The molecule has 0 unspecified atom stereocenters. The van der Waals surface area contributed by atoms with E-state index in [4.69, 9.17) is 21.4 Å². The Morgan fingerprint density at radius 3 is 2.87 bits per heavy atom. The molecule has 0 aliphatic carbocycles. The van der Waals surface area contributed by atoms with Gasteiger partial charge in [0.2, 0.25) is 0 Å². The van der Waals surface area contributed by atoms with E-state index in [0.717, 1.165) is 17.9 Å². The summed E-state index contributed by atoms with van der Waals surface area (Å²) in [5.41, 5.74) is 1.12. The zero-order chi connectivity index (χ0) is 11.1. The minimum Gasteiger partial charge on any atom is -0.486 e. The van der Waals surface area contributed by atoms with Crippen molar-refractivity contribution in [1.29, 1.82) is 0 Å². The predicted octanol–water partition coefficient (Wildman–Crippen LogP) is 0.583. The van der Waals surface area contributed by atoms with Gasteiger partial charge in [-0.25, -0.2) is 0 Å². The number of hydrogen-bond donors (Lipinski definition) is 2. The lowest BCUT2D eigenvalue weighted by Gasteiger charge is -2.07. The van der Waals surface area contributed by atoms with Gasteiger partial charge in [0.25, 0.3) is 0 Å². The number of rotatable bonds is 6. The summed E-state index contributed by atoms with van der Waals surface area (Å²) >= 11 is 5.99. The third kappa shape index (κ3) is 4.51. The van der Waals surface area contributed by atoms with Crippen LogP contribution in [0, 0.1) is 6.92 Å². The summed E-state index contributed by atoms with van der Waals surface area (Å²) in [6.45, 7) is 4.33. The van der Waals surface area contributed by atoms with E-state index in [2.05, 4.69) is 0 Å². The van der Waals surface area contributed by atoms with E-state index in [1.165, 1.54) is 0 Å². The van der Waals surface area contributed by atoms with Crippen LogP contribution in [0.2, 0.25) is 5.02 Å². The van der Waals surface area contributed by atoms with E-state index < -0.39 is 0 Å². The van der Waals surface area contributed by atoms with Gasteiger partial charge in [0.1, 0.15) is 18.9 Å². The van der Waals surface area contributed by atoms with Crippen molar-refractivity contribution in [3.8, 4) is 5.75 Å². The largest absolute Gasteiger partial charge is 0.486 e. The maximum absolute atomic E-state index is 8.56. The molecule has 0 bridgehead atoms. The zero-order valence-corrected chi connectivity index (χ0v) is 9.63. The van der Waals surface area contributed by atoms with Crippen molar-refractivity contribution in [3.05, 3.63) is 28.8 Å². The van der Waals surface area contributed by atoms with Gasteiger partial charge in [0.05, 0.1) is 18.2 Å². The molecule has 84 valence electrons. The Labute approximate surface area is 95.0 Å². The van der Waals surface area contributed by atoms with Crippen molar-refractivity contribution in [2.75, 3.05) is 26.3 Å². The van der Waals surface area contributed by atoms with Crippen molar-refractivity contribution < 1.29 is 15.2 Å².